The van der Waals surface area contributed by atoms with Crippen LogP contribution in [0.3, 0.4) is 0 Å². The highest BCUT2D eigenvalue weighted by atomic mass is 19.4. The summed E-state index contributed by atoms with van der Waals surface area (Å²) in [5.74, 6) is -2.82. The standard InChI is InChI=1S/C19H12F5N3O2/c20-12-3-1-11(2-4-12)10-27-17(28)8-7-16(26-27)18(29)25-13-5-6-15(21)14(9-13)19(22,23)24/h1-9H,10H2,(H,25,29). The molecule has 0 atom stereocenters. The second kappa shape index (κ2) is 7.82. The van der Waals surface area contributed by atoms with Crippen LogP contribution < -0.4 is 10.9 Å². The number of alkyl halides is 3. The number of hydrogen-bond donors (Lipinski definition) is 1. The lowest BCUT2D eigenvalue weighted by molar-refractivity contribution is -0.139. The molecule has 0 aliphatic carbocycles. The van der Waals surface area contributed by atoms with E-state index in [-0.39, 0.29) is 17.9 Å². The molecule has 1 N–H and O–H groups in total. The maximum atomic E-state index is 13.3. The lowest BCUT2D eigenvalue weighted by Gasteiger charge is -2.11. The smallest absolute Gasteiger partial charge is 0.321 e. The Balaban J connectivity index is 1.83. The van der Waals surface area contributed by atoms with Gasteiger partial charge in [0, 0.05) is 11.8 Å². The first-order valence-electron chi connectivity index (χ1n) is 8.14. The second-order valence-corrected chi connectivity index (χ2v) is 5.99. The van der Waals surface area contributed by atoms with Crippen molar-refractivity contribution in [3.63, 3.8) is 0 Å². The van der Waals surface area contributed by atoms with Gasteiger partial charge in [-0.05, 0) is 42.0 Å². The number of anilines is 1. The minimum atomic E-state index is -4.93. The summed E-state index contributed by atoms with van der Waals surface area (Å²) in [5, 5.41) is 6.06. The molecule has 0 aliphatic heterocycles. The average Bonchev–Trinajstić information content (AvgIpc) is 2.66. The van der Waals surface area contributed by atoms with Gasteiger partial charge in [0.15, 0.2) is 0 Å². The van der Waals surface area contributed by atoms with E-state index in [4.69, 9.17) is 0 Å². The molecular weight excluding hydrogens is 397 g/mol. The van der Waals surface area contributed by atoms with Crippen LogP contribution in [0.2, 0.25) is 0 Å². The number of rotatable bonds is 4. The normalized spacial score (nSPS) is 11.3. The first kappa shape index (κ1) is 20.2. The predicted molar refractivity (Wildman–Crippen MR) is 93.4 cm³/mol. The van der Waals surface area contributed by atoms with Crippen molar-refractivity contribution in [2.24, 2.45) is 0 Å². The molecule has 0 aliphatic rings. The summed E-state index contributed by atoms with van der Waals surface area (Å²) in [6.45, 7) is -0.0466. The first-order chi connectivity index (χ1) is 13.6. The Labute approximate surface area is 160 Å². The third-order valence-corrected chi connectivity index (χ3v) is 3.87. The Morgan fingerprint density at radius 2 is 1.69 bits per heavy atom. The SMILES string of the molecule is O=C(Nc1ccc(F)c(C(F)(F)F)c1)c1ccc(=O)n(Cc2ccc(F)cc2)n1. The third kappa shape index (κ3) is 4.84. The molecule has 10 heteroatoms. The Morgan fingerprint density at radius 3 is 2.34 bits per heavy atom. The quantitative estimate of drug-likeness (QED) is 0.666. The molecule has 1 amide bonds. The van der Waals surface area contributed by atoms with E-state index in [0.717, 1.165) is 22.9 Å². The van der Waals surface area contributed by atoms with Crippen molar-refractivity contribution in [1.29, 1.82) is 0 Å². The monoisotopic (exact) mass is 409 g/mol. The van der Waals surface area contributed by atoms with Crippen LogP contribution in [0.4, 0.5) is 27.6 Å². The number of amides is 1. The highest BCUT2D eigenvalue weighted by Gasteiger charge is 2.34. The zero-order chi connectivity index (χ0) is 21.2. The summed E-state index contributed by atoms with van der Waals surface area (Å²) in [7, 11) is 0. The Kier molecular flexibility index (Phi) is 5.44. The van der Waals surface area contributed by atoms with Crippen molar-refractivity contribution in [3.8, 4) is 0 Å². The van der Waals surface area contributed by atoms with Gasteiger partial charge >= 0.3 is 6.18 Å². The van der Waals surface area contributed by atoms with Crippen molar-refractivity contribution in [2.75, 3.05) is 5.32 Å². The van der Waals surface area contributed by atoms with Crippen LogP contribution in [0.1, 0.15) is 21.6 Å². The molecule has 0 spiro atoms. The van der Waals surface area contributed by atoms with E-state index in [2.05, 4.69) is 10.4 Å². The van der Waals surface area contributed by atoms with Gasteiger partial charge in [-0.25, -0.2) is 13.5 Å². The van der Waals surface area contributed by atoms with Crippen LogP contribution in [-0.2, 0) is 12.7 Å². The van der Waals surface area contributed by atoms with Crippen molar-refractivity contribution >= 4 is 11.6 Å². The Hall–Kier alpha value is -3.56. The Morgan fingerprint density at radius 1 is 1.00 bits per heavy atom. The van der Waals surface area contributed by atoms with E-state index in [0.29, 0.717) is 17.7 Å². The summed E-state index contributed by atoms with van der Waals surface area (Å²) in [6, 6.07) is 9.46. The van der Waals surface area contributed by atoms with Crippen LogP contribution in [0.15, 0.2) is 59.4 Å². The van der Waals surface area contributed by atoms with Gasteiger partial charge < -0.3 is 5.32 Å². The fourth-order valence-electron chi connectivity index (χ4n) is 2.46. The van der Waals surface area contributed by atoms with Gasteiger partial charge in [0.25, 0.3) is 11.5 Å². The van der Waals surface area contributed by atoms with Crippen LogP contribution in [-0.4, -0.2) is 15.7 Å². The fourth-order valence-corrected chi connectivity index (χ4v) is 2.46. The summed E-state index contributed by atoms with van der Waals surface area (Å²) in [6.07, 6.45) is -4.93. The van der Waals surface area contributed by atoms with Gasteiger partial charge in [0.2, 0.25) is 0 Å². The van der Waals surface area contributed by atoms with E-state index in [9.17, 15) is 31.5 Å². The number of carbonyl (C=O) groups is 1. The minimum Gasteiger partial charge on any atom is -0.321 e. The van der Waals surface area contributed by atoms with Crippen molar-refractivity contribution in [1.82, 2.24) is 9.78 Å². The molecule has 0 saturated heterocycles. The maximum Gasteiger partial charge on any atom is 0.419 e. The highest BCUT2D eigenvalue weighted by molar-refractivity contribution is 6.02. The molecule has 0 radical (unpaired) electrons. The Bertz CT molecular complexity index is 1110. The fraction of sp³-hybridized carbons (Fsp3) is 0.105. The minimum absolute atomic E-state index is 0.0466. The molecule has 0 fully saturated rings. The van der Waals surface area contributed by atoms with Gasteiger partial charge in [-0.15, -0.1) is 0 Å². The number of carbonyl (C=O) groups excluding carboxylic acids is 1. The maximum absolute atomic E-state index is 13.3. The van der Waals surface area contributed by atoms with Gasteiger partial charge in [-0.3, -0.25) is 9.59 Å². The number of nitrogens with zero attached hydrogens (tertiary/aromatic N) is 2. The number of nitrogens with one attached hydrogen (secondary N) is 1. The molecule has 3 rings (SSSR count). The molecule has 5 nitrogen and oxygen atoms in total. The third-order valence-electron chi connectivity index (χ3n) is 3.87. The molecule has 2 aromatic carbocycles. The molecule has 29 heavy (non-hydrogen) atoms. The van der Waals surface area contributed by atoms with Crippen molar-refractivity contribution in [3.05, 3.63) is 93.4 Å². The van der Waals surface area contributed by atoms with Crippen molar-refractivity contribution < 1.29 is 26.7 Å². The van der Waals surface area contributed by atoms with E-state index < -0.39 is 34.8 Å². The molecule has 0 unspecified atom stereocenters. The van der Waals surface area contributed by atoms with Crippen LogP contribution in [0.5, 0.6) is 0 Å². The van der Waals surface area contributed by atoms with Gasteiger partial charge in [-0.2, -0.15) is 18.3 Å². The number of halogens is 5. The lowest BCUT2D eigenvalue weighted by atomic mass is 10.1. The summed E-state index contributed by atoms with van der Waals surface area (Å²) >= 11 is 0. The first-order valence-corrected chi connectivity index (χ1v) is 8.14. The van der Waals surface area contributed by atoms with E-state index in [1.807, 2.05) is 0 Å². The lowest BCUT2D eigenvalue weighted by Crippen LogP contribution is -2.26. The predicted octanol–water partition coefficient (Wildman–Crippen LogP) is 3.84. The second-order valence-electron chi connectivity index (χ2n) is 5.99. The number of benzene rings is 2. The van der Waals surface area contributed by atoms with Crippen LogP contribution in [0, 0.1) is 11.6 Å². The van der Waals surface area contributed by atoms with Crippen LogP contribution in [0.25, 0.3) is 0 Å². The summed E-state index contributed by atoms with van der Waals surface area (Å²) in [5.41, 5.74) is -2.05. The number of hydrogen-bond acceptors (Lipinski definition) is 3. The molecule has 1 heterocycles. The van der Waals surface area contributed by atoms with E-state index in [1.165, 1.54) is 24.3 Å². The topological polar surface area (TPSA) is 64.0 Å². The molecule has 0 bridgehead atoms. The zero-order valence-corrected chi connectivity index (χ0v) is 14.5. The van der Waals surface area contributed by atoms with Gasteiger partial charge in [0.05, 0.1) is 12.1 Å². The van der Waals surface area contributed by atoms with Gasteiger partial charge in [0.1, 0.15) is 17.3 Å². The zero-order valence-electron chi connectivity index (χ0n) is 14.5. The van der Waals surface area contributed by atoms with Crippen molar-refractivity contribution in [2.45, 2.75) is 12.7 Å². The summed E-state index contributed by atoms with van der Waals surface area (Å²) in [4.78, 5) is 24.3. The highest BCUT2D eigenvalue weighted by Crippen LogP contribution is 2.33. The average molecular weight is 409 g/mol. The van der Waals surface area contributed by atoms with E-state index >= 15 is 0 Å². The molecular formula is C19H12F5N3O2. The van der Waals surface area contributed by atoms with Gasteiger partial charge in [-0.1, -0.05) is 12.1 Å². The number of aromatic nitrogens is 2. The molecule has 0 saturated carbocycles. The molecule has 3 aromatic rings. The largest absolute Gasteiger partial charge is 0.419 e. The summed E-state index contributed by atoms with van der Waals surface area (Å²) < 4.78 is 65.7. The molecule has 1 aromatic heterocycles. The molecule has 150 valence electrons. The van der Waals surface area contributed by atoms with Crippen LogP contribution >= 0.6 is 0 Å². The van der Waals surface area contributed by atoms with E-state index in [1.54, 1.807) is 0 Å².